The van der Waals surface area contributed by atoms with Gasteiger partial charge in [-0.3, -0.25) is 0 Å². The van der Waals surface area contributed by atoms with E-state index in [1.165, 1.54) is 63.5 Å². The number of rotatable bonds is 7. The fourth-order valence-electron chi connectivity index (χ4n) is 8.97. The zero-order valence-corrected chi connectivity index (χ0v) is 25.7. The van der Waals surface area contributed by atoms with E-state index in [0.717, 1.165) is 23.7 Å². The van der Waals surface area contributed by atoms with Crippen molar-refractivity contribution in [3.63, 3.8) is 0 Å². The molecule has 4 nitrogen and oxygen atoms in total. The van der Waals surface area contributed by atoms with Crippen molar-refractivity contribution in [3.8, 4) is 0 Å². The lowest BCUT2D eigenvalue weighted by atomic mass is 9.44. The van der Waals surface area contributed by atoms with Crippen LogP contribution in [0.5, 0.6) is 0 Å². The van der Waals surface area contributed by atoms with Gasteiger partial charge in [0.05, 0.1) is 12.3 Å². The van der Waals surface area contributed by atoms with Gasteiger partial charge in [0.1, 0.15) is 7.11 Å². The van der Waals surface area contributed by atoms with Crippen LogP contribution in [0.15, 0.2) is 5.16 Å². The second-order valence-electron chi connectivity index (χ2n) is 14.6. The molecule has 34 heavy (non-hydrogen) atoms. The van der Waals surface area contributed by atoms with Crippen LogP contribution in [0.1, 0.15) is 71.6 Å². The van der Waals surface area contributed by atoms with Crippen LogP contribution in [-0.4, -0.2) is 42.2 Å². The lowest BCUT2D eigenvalue weighted by molar-refractivity contribution is -0.121. The van der Waals surface area contributed by atoms with Gasteiger partial charge < -0.3 is 13.7 Å². The molecule has 196 valence electrons. The predicted molar refractivity (Wildman–Crippen MR) is 147 cm³/mol. The summed E-state index contributed by atoms with van der Waals surface area (Å²) >= 11 is 0. The molecular formula is C28H53NO3Si2. The average Bonchev–Trinajstić information content (AvgIpc) is 3.07. The molecule has 0 bridgehead atoms. The highest BCUT2D eigenvalue weighted by atomic mass is 28.4. The Morgan fingerprint density at radius 3 is 2.15 bits per heavy atom. The molecule has 4 rings (SSSR count). The monoisotopic (exact) mass is 507 g/mol. The molecule has 0 heterocycles. The first-order chi connectivity index (χ1) is 15.8. The fourth-order valence-corrected chi connectivity index (χ4v) is 10.8. The van der Waals surface area contributed by atoms with E-state index in [1.807, 2.05) is 0 Å². The Labute approximate surface area is 212 Å². The Bertz CT molecular complexity index is 760. The van der Waals surface area contributed by atoms with E-state index in [9.17, 15) is 0 Å². The third-order valence-corrected chi connectivity index (χ3v) is 12.5. The van der Waals surface area contributed by atoms with Crippen LogP contribution in [0.2, 0.25) is 39.3 Å². The van der Waals surface area contributed by atoms with Gasteiger partial charge >= 0.3 is 0 Å². The fraction of sp³-hybridized carbons (Fsp3) is 0.964. The first kappa shape index (κ1) is 26.9. The zero-order chi connectivity index (χ0) is 24.9. The van der Waals surface area contributed by atoms with E-state index < -0.39 is 16.6 Å². The van der Waals surface area contributed by atoms with E-state index in [0.29, 0.717) is 29.5 Å². The number of hydrogen-bond donors (Lipinski definition) is 0. The molecule has 0 saturated heterocycles. The molecule has 0 aromatic rings. The van der Waals surface area contributed by atoms with Crippen LogP contribution in [0.4, 0.5) is 0 Å². The largest absolute Gasteiger partial charge is 0.415 e. The summed E-state index contributed by atoms with van der Waals surface area (Å²) in [5, 5.41) is 4.57. The van der Waals surface area contributed by atoms with Crippen molar-refractivity contribution in [2.75, 3.05) is 13.7 Å². The maximum atomic E-state index is 6.61. The molecule has 0 spiro atoms. The summed E-state index contributed by atoms with van der Waals surface area (Å²) in [6.07, 6.45) is 12.7. The van der Waals surface area contributed by atoms with Crippen molar-refractivity contribution in [2.24, 2.45) is 45.6 Å². The average molecular weight is 508 g/mol. The van der Waals surface area contributed by atoms with Crippen molar-refractivity contribution in [1.29, 1.82) is 0 Å². The van der Waals surface area contributed by atoms with Crippen LogP contribution in [0.25, 0.3) is 0 Å². The van der Waals surface area contributed by atoms with E-state index in [-0.39, 0.29) is 0 Å². The summed E-state index contributed by atoms with van der Waals surface area (Å²) in [5.74, 6) is 4.00. The Kier molecular flexibility index (Phi) is 7.59. The standard InChI is InChI=1S/C28H53NO3Si2/c1-27-16-14-21(32-34(7,8)9)18-20(27)10-11-22-23-12-13-25(28(23,2)17-15-24(22)27)26(29-30-3)19-31-33(4,5)6/h20-25H,10-19H2,1-9H3/b29-26+/t20-,21+,22-,23-,24-,25+,27-,28-/m0/s1. The van der Waals surface area contributed by atoms with E-state index in [4.69, 9.17) is 13.7 Å². The van der Waals surface area contributed by atoms with Crippen molar-refractivity contribution in [2.45, 2.75) is 117 Å². The zero-order valence-electron chi connectivity index (χ0n) is 23.7. The Hall–Kier alpha value is -0.176. The number of oxime groups is 1. The van der Waals surface area contributed by atoms with Gasteiger partial charge in [0.2, 0.25) is 0 Å². The third kappa shape index (κ3) is 5.26. The van der Waals surface area contributed by atoms with Gasteiger partial charge in [-0.1, -0.05) is 19.0 Å². The summed E-state index contributed by atoms with van der Waals surface area (Å²) < 4.78 is 12.9. The smallest absolute Gasteiger partial charge is 0.184 e. The minimum Gasteiger partial charge on any atom is -0.415 e. The Morgan fingerprint density at radius 1 is 0.824 bits per heavy atom. The maximum absolute atomic E-state index is 6.61. The first-order valence-corrected chi connectivity index (χ1v) is 21.0. The normalized spacial score (nSPS) is 43.1. The minimum atomic E-state index is -1.59. The lowest BCUT2D eigenvalue weighted by Gasteiger charge is -2.61. The van der Waals surface area contributed by atoms with Crippen molar-refractivity contribution >= 4 is 22.3 Å². The van der Waals surface area contributed by atoms with Crippen LogP contribution >= 0.6 is 0 Å². The molecule has 0 aromatic carbocycles. The Balaban J connectivity index is 1.49. The molecule has 0 aliphatic heterocycles. The summed E-state index contributed by atoms with van der Waals surface area (Å²) in [4.78, 5) is 5.36. The first-order valence-electron chi connectivity index (χ1n) is 14.2. The molecule has 8 atom stereocenters. The molecule has 4 aliphatic carbocycles. The highest BCUT2D eigenvalue weighted by Gasteiger charge is 2.61. The van der Waals surface area contributed by atoms with Gasteiger partial charge in [0.25, 0.3) is 0 Å². The topological polar surface area (TPSA) is 40.0 Å². The van der Waals surface area contributed by atoms with E-state index in [2.05, 4.69) is 58.3 Å². The van der Waals surface area contributed by atoms with Crippen LogP contribution in [0.3, 0.4) is 0 Å². The van der Waals surface area contributed by atoms with Crippen molar-refractivity contribution < 1.29 is 13.7 Å². The molecule has 0 aromatic heterocycles. The van der Waals surface area contributed by atoms with Crippen LogP contribution < -0.4 is 0 Å². The third-order valence-electron chi connectivity index (χ3n) is 10.4. The number of hydrogen-bond acceptors (Lipinski definition) is 4. The Morgan fingerprint density at radius 2 is 1.50 bits per heavy atom. The molecule has 0 amide bonds. The summed E-state index contributed by atoms with van der Waals surface area (Å²) in [6.45, 7) is 19.8. The summed E-state index contributed by atoms with van der Waals surface area (Å²) in [6, 6.07) is 0. The number of nitrogens with zero attached hydrogens (tertiary/aromatic N) is 1. The quantitative estimate of drug-likeness (QED) is 0.201. The van der Waals surface area contributed by atoms with Gasteiger partial charge in [-0.15, -0.1) is 0 Å². The van der Waals surface area contributed by atoms with E-state index >= 15 is 0 Å². The predicted octanol–water partition coefficient (Wildman–Crippen LogP) is 7.72. The van der Waals surface area contributed by atoms with Gasteiger partial charge in [0.15, 0.2) is 16.6 Å². The molecule has 4 saturated carbocycles. The van der Waals surface area contributed by atoms with E-state index in [1.54, 1.807) is 7.11 Å². The highest BCUT2D eigenvalue weighted by molar-refractivity contribution is 6.70. The van der Waals surface area contributed by atoms with Crippen LogP contribution in [-0.2, 0) is 13.7 Å². The molecule has 0 unspecified atom stereocenters. The second-order valence-corrected chi connectivity index (χ2v) is 23.6. The SMILES string of the molecule is CO/N=C(\CO[Si](C)(C)C)[C@H]1CC[C@H]2[C@@H]3CC[C@H]4C[C@H](O[Si](C)(C)C)CC[C@]4(C)[C@H]3CC[C@]12C. The molecule has 4 fully saturated rings. The van der Waals surface area contributed by atoms with Crippen molar-refractivity contribution in [1.82, 2.24) is 0 Å². The maximum Gasteiger partial charge on any atom is 0.184 e. The van der Waals surface area contributed by atoms with Gasteiger partial charge in [0, 0.05) is 12.0 Å². The number of fused-ring (bicyclic) bond motifs is 5. The molecule has 0 radical (unpaired) electrons. The second kappa shape index (κ2) is 9.61. The minimum absolute atomic E-state index is 0.350. The van der Waals surface area contributed by atoms with Crippen molar-refractivity contribution in [3.05, 3.63) is 0 Å². The molecular weight excluding hydrogens is 454 g/mol. The van der Waals surface area contributed by atoms with Gasteiger partial charge in [-0.25, -0.2) is 0 Å². The summed E-state index contributed by atoms with van der Waals surface area (Å²) in [5.41, 5.74) is 2.05. The van der Waals surface area contributed by atoms with Gasteiger partial charge in [-0.05, 0) is 132 Å². The summed E-state index contributed by atoms with van der Waals surface area (Å²) in [7, 11) is -1.35. The molecule has 0 N–H and O–H groups in total. The molecule has 4 aliphatic rings. The highest BCUT2D eigenvalue weighted by Crippen LogP contribution is 2.67. The van der Waals surface area contributed by atoms with Crippen LogP contribution in [0, 0.1) is 40.4 Å². The molecule has 6 heteroatoms. The lowest BCUT2D eigenvalue weighted by Crippen LogP contribution is -2.55. The van der Waals surface area contributed by atoms with Gasteiger partial charge in [-0.2, -0.15) is 0 Å².